The third kappa shape index (κ3) is 3.51. The summed E-state index contributed by atoms with van der Waals surface area (Å²) < 4.78 is 11.2. The maximum atomic E-state index is 6.03. The normalized spacial score (nSPS) is 10.6. The van der Waals surface area contributed by atoms with Gasteiger partial charge in [-0.3, -0.25) is 0 Å². The first kappa shape index (κ1) is 16.3. The summed E-state index contributed by atoms with van der Waals surface area (Å²) in [6.07, 6.45) is 0. The Labute approximate surface area is 145 Å². The second-order valence-electron chi connectivity index (χ2n) is 5.01. The van der Waals surface area contributed by atoms with Crippen LogP contribution in [-0.2, 0) is 0 Å². The van der Waals surface area contributed by atoms with Crippen molar-refractivity contribution in [3.63, 3.8) is 0 Å². The van der Waals surface area contributed by atoms with Crippen LogP contribution in [0.15, 0.2) is 42.5 Å². The van der Waals surface area contributed by atoms with Crippen molar-refractivity contribution in [1.29, 1.82) is 0 Å². The highest BCUT2D eigenvalue weighted by Gasteiger charge is 2.10. The van der Waals surface area contributed by atoms with E-state index < -0.39 is 0 Å². The Kier molecular flexibility index (Phi) is 5.01. The van der Waals surface area contributed by atoms with Crippen molar-refractivity contribution in [3.8, 4) is 11.5 Å². The molecule has 5 nitrogen and oxygen atoms in total. The largest absolute Gasteiger partial charge is 0.490 e. The summed E-state index contributed by atoms with van der Waals surface area (Å²) in [6, 6.07) is 13.4. The first-order chi connectivity index (χ1) is 11.7. The summed E-state index contributed by atoms with van der Waals surface area (Å²) in [5.41, 5.74) is 1.62. The van der Waals surface area contributed by atoms with Crippen LogP contribution >= 0.6 is 11.6 Å². The molecule has 0 saturated heterocycles. The van der Waals surface area contributed by atoms with Gasteiger partial charge in [0.25, 0.3) is 0 Å². The van der Waals surface area contributed by atoms with Gasteiger partial charge in [0, 0.05) is 17.1 Å². The lowest BCUT2D eigenvalue weighted by atomic mass is 10.2. The summed E-state index contributed by atoms with van der Waals surface area (Å²) >= 11 is 6.03. The van der Waals surface area contributed by atoms with Crippen LogP contribution in [0.2, 0.25) is 5.28 Å². The molecule has 1 aromatic heterocycles. The molecule has 0 unspecified atom stereocenters. The van der Waals surface area contributed by atoms with Crippen LogP contribution in [0.5, 0.6) is 11.5 Å². The van der Waals surface area contributed by atoms with Crippen LogP contribution in [0.3, 0.4) is 0 Å². The first-order valence-corrected chi connectivity index (χ1v) is 8.18. The van der Waals surface area contributed by atoms with E-state index in [1.54, 1.807) is 0 Å². The van der Waals surface area contributed by atoms with Gasteiger partial charge in [-0.25, -0.2) is 4.98 Å². The Morgan fingerprint density at radius 1 is 0.958 bits per heavy atom. The molecule has 6 heteroatoms. The third-order valence-electron chi connectivity index (χ3n) is 3.38. The van der Waals surface area contributed by atoms with E-state index in [4.69, 9.17) is 21.1 Å². The van der Waals surface area contributed by atoms with Crippen molar-refractivity contribution in [2.24, 2.45) is 0 Å². The highest BCUT2D eigenvalue weighted by molar-refractivity contribution is 6.28. The van der Waals surface area contributed by atoms with Gasteiger partial charge in [-0.05, 0) is 49.7 Å². The average Bonchev–Trinajstić information content (AvgIpc) is 2.57. The number of hydrogen-bond donors (Lipinski definition) is 1. The van der Waals surface area contributed by atoms with Crippen LogP contribution < -0.4 is 14.8 Å². The van der Waals surface area contributed by atoms with Gasteiger partial charge in [-0.2, -0.15) is 4.98 Å². The number of fused-ring (bicyclic) bond motifs is 1. The molecule has 0 aliphatic carbocycles. The molecule has 0 aliphatic rings. The van der Waals surface area contributed by atoms with Crippen molar-refractivity contribution in [2.45, 2.75) is 13.8 Å². The lowest BCUT2D eigenvalue weighted by Gasteiger charge is -2.14. The standard InChI is InChI=1S/C18H18ClN3O2/c1-3-23-15-10-9-12(11-16(15)24-4-2)20-17-13-7-5-6-8-14(13)21-18(19)22-17/h5-11H,3-4H2,1-2H3,(H,20,21,22). The van der Waals surface area contributed by atoms with Crippen molar-refractivity contribution >= 4 is 34.0 Å². The molecule has 0 spiro atoms. The van der Waals surface area contributed by atoms with Crippen LogP contribution in [0.1, 0.15) is 13.8 Å². The molecule has 0 radical (unpaired) electrons. The van der Waals surface area contributed by atoms with Gasteiger partial charge >= 0.3 is 0 Å². The Bertz CT molecular complexity index is 855. The summed E-state index contributed by atoms with van der Waals surface area (Å²) in [5.74, 6) is 2.06. The van der Waals surface area contributed by atoms with Crippen molar-refractivity contribution in [3.05, 3.63) is 47.7 Å². The molecule has 0 aliphatic heterocycles. The van der Waals surface area contributed by atoms with Gasteiger partial charge in [0.2, 0.25) is 5.28 Å². The maximum Gasteiger partial charge on any atom is 0.224 e. The fourth-order valence-electron chi connectivity index (χ4n) is 2.41. The topological polar surface area (TPSA) is 56.3 Å². The van der Waals surface area contributed by atoms with E-state index in [0.29, 0.717) is 24.8 Å². The minimum atomic E-state index is 0.201. The Balaban J connectivity index is 1.98. The Morgan fingerprint density at radius 3 is 2.50 bits per heavy atom. The minimum absolute atomic E-state index is 0.201. The van der Waals surface area contributed by atoms with E-state index >= 15 is 0 Å². The second-order valence-corrected chi connectivity index (χ2v) is 5.35. The molecule has 124 valence electrons. The average molecular weight is 344 g/mol. The summed E-state index contributed by atoms with van der Waals surface area (Å²) in [6.45, 7) is 5.02. The SMILES string of the molecule is CCOc1ccc(Nc2nc(Cl)nc3ccccc23)cc1OCC. The highest BCUT2D eigenvalue weighted by atomic mass is 35.5. The second kappa shape index (κ2) is 7.36. The van der Waals surface area contributed by atoms with Gasteiger partial charge in [0.15, 0.2) is 11.5 Å². The van der Waals surface area contributed by atoms with E-state index in [9.17, 15) is 0 Å². The number of nitrogens with zero attached hydrogens (tertiary/aromatic N) is 2. The molecule has 2 aromatic carbocycles. The van der Waals surface area contributed by atoms with Crippen molar-refractivity contribution < 1.29 is 9.47 Å². The Morgan fingerprint density at radius 2 is 1.71 bits per heavy atom. The molecule has 0 atom stereocenters. The fourth-order valence-corrected chi connectivity index (χ4v) is 2.58. The number of nitrogens with one attached hydrogen (secondary N) is 1. The molecular formula is C18H18ClN3O2. The smallest absolute Gasteiger partial charge is 0.224 e. The number of hydrogen-bond acceptors (Lipinski definition) is 5. The molecular weight excluding hydrogens is 326 g/mol. The van der Waals surface area contributed by atoms with Gasteiger partial charge in [0.1, 0.15) is 5.82 Å². The van der Waals surface area contributed by atoms with Crippen LogP contribution in [-0.4, -0.2) is 23.2 Å². The van der Waals surface area contributed by atoms with Crippen molar-refractivity contribution in [2.75, 3.05) is 18.5 Å². The zero-order valence-corrected chi connectivity index (χ0v) is 14.3. The van der Waals surface area contributed by atoms with E-state index in [2.05, 4.69) is 15.3 Å². The number of benzene rings is 2. The monoisotopic (exact) mass is 343 g/mol. The molecule has 0 fully saturated rings. The molecule has 0 bridgehead atoms. The third-order valence-corrected chi connectivity index (χ3v) is 3.55. The molecule has 3 rings (SSSR count). The van der Waals surface area contributed by atoms with Gasteiger partial charge in [-0.15, -0.1) is 0 Å². The molecule has 0 saturated carbocycles. The van der Waals surface area contributed by atoms with Gasteiger partial charge in [0.05, 0.1) is 18.7 Å². The summed E-state index contributed by atoms with van der Waals surface area (Å²) in [7, 11) is 0. The molecule has 3 aromatic rings. The first-order valence-electron chi connectivity index (χ1n) is 7.80. The van der Waals surface area contributed by atoms with E-state index in [1.165, 1.54) is 0 Å². The number of rotatable bonds is 6. The molecule has 24 heavy (non-hydrogen) atoms. The fraction of sp³-hybridized carbons (Fsp3) is 0.222. The number of anilines is 2. The highest BCUT2D eigenvalue weighted by Crippen LogP contribution is 2.33. The molecule has 0 amide bonds. The quantitative estimate of drug-likeness (QED) is 0.650. The lowest BCUT2D eigenvalue weighted by molar-refractivity contribution is 0.288. The molecule has 1 N–H and O–H groups in total. The van der Waals surface area contributed by atoms with E-state index in [-0.39, 0.29) is 5.28 Å². The van der Waals surface area contributed by atoms with E-state index in [0.717, 1.165) is 22.3 Å². The number of halogens is 1. The predicted octanol–water partition coefficient (Wildman–Crippen LogP) is 4.82. The summed E-state index contributed by atoms with van der Waals surface area (Å²) in [5, 5.41) is 4.38. The zero-order chi connectivity index (χ0) is 16.9. The van der Waals surface area contributed by atoms with Crippen molar-refractivity contribution in [1.82, 2.24) is 9.97 Å². The van der Waals surface area contributed by atoms with E-state index in [1.807, 2.05) is 56.3 Å². The lowest BCUT2D eigenvalue weighted by Crippen LogP contribution is -2.01. The van der Waals surface area contributed by atoms with Gasteiger partial charge in [-0.1, -0.05) is 12.1 Å². The predicted molar refractivity (Wildman–Crippen MR) is 96.6 cm³/mol. The number of aromatic nitrogens is 2. The van der Waals surface area contributed by atoms with Crippen LogP contribution in [0.4, 0.5) is 11.5 Å². The van der Waals surface area contributed by atoms with Gasteiger partial charge < -0.3 is 14.8 Å². The Hall–Kier alpha value is -2.53. The number of ether oxygens (including phenoxy) is 2. The molecule has 1 heterocycles. The van der Waals surface area contributed by atoms with Crippen LogP contribution in [0, 0.1) is 0 Å². The minimum Gasteiger partial charge on any atom is -0.490 e. The zero-order valence-electron chi connectivity index (χ0n) is 13.5. The number of para-hydroxylation sites is 1. The van der Waals surface area contributed by atoms with Crippen LogP contribution in [0.25, 0.3) is 10.9 Å². The maximum absolute atomic E-state index is 6.03. The summed E-state index contributed by atoms with van der Waals surface area (Å²) in [4.78, 5) is 8.54.